The number of aromatic nitrogens is 4. The minimum atomic E-state index is 0.435. The molecule has 1 aromatic heterocycles. The van der Waals surface area contributed by atoms with E-state index in [0.29, 0.717) is 17.9 Å². The molecule has 1 aromatic carbocycles. The predicted molar refractivity (Wildman–Crippen MR) is 65.0 cm³/mol. The lowest BCUT2D eigenvalue weighted by molar-refractivity contribution is 0.628. The molecule has 0 bridgehead atoms. The number of nitrogens with one attached hydrogen (secondary N) is 1. The van der Waals surface area contributed by atoms with Gasteiger partial charge >= 0.3 is 0 Å². The Hall–Kier alpha value is -1.94. The molecule has 0 spiro atoms. The fourth-order valence-electron chi connectivity index (χ4n) is 1.33. The van der Waals surface area contributed by atoms with Crippen LogP contribution in [0.5, 0.6) is 0 Å². The van der Waals surface area contributed by atoms with Crippen LogP contribution in [0.15, 0.2) is 22.7 Å². The van der Waals surface area contributed by atoms with Crippen molar-refractivity contribution in [3.05, 3.63) is 34.1 Å². The van der Waals surface area contributed by atoms with Crippen LogP contribution in [0.25, 0.3) is 0 Å². The maximum absolute atomic E-state index is 8.99. The average molecular weight is 293 g/mol. The van der Waals surface area contributed by atoms with Crippen LogP contribution >= 0.6 is 15.9 Å². The lowest BCUT2D eigenvalue weighted by Gasteiger charge is -2.05. The van der Waals surface area contributed by atoms with Crippen molar-refractivity contribution in [2.24, 2.45) is 7.05 Å². The molecule has 0 aliphatic carbocycles. The van der Waals surface area contributed by atoms with Crippen molar-refractivity contribution in [1.82, 2.24) is 20.2 Å². The van der Waals surface area contributed by atoms with Crippen molar-refractivity contribution in [1.29, 1.82) is 5.26 Å². The average Bonchev–Trinajstić information content (AvgIpc) is 2.73. The lowest BCUT2D eigenvalue weighted by Crippen LogP contribution is -2.03. The first-order valence-corrected chi connectivity index (χ1v) is 5.65. The summed E-state index contributed by atoms with van der Waals surface area (Å²) in [5, 5.41) is 23.7. The monoisotopic (exact) mass is 292 g/mol. The molecule has 0 atom stereocenters. The van der Waals surface area contributed by atoms with Gasteiger partial charge in [0, 0.05) is 4.47 Å². The van der Waals surface area contributed by atoms with Gasteiger partial charge in [-0.15, -0.1) is 10.2 Å². The van der Waals surface area contributed by atoms with E-state index in [-0.39, 0.29) is 0 Å². The Bertz CT molecular complexity index is 570. The van der Waals surface area contributed by atoms with E-state index in [9.17, 15) is 0 Å². The second-order valence-corrected chi connectivity index (χ2v) is 4.27. The number of hydrogen-bond acceptors (Lipinski definition) is 5. The van der Waals surface area contributed by atoms with Crippen LogP contribution in [-0.4, -0.2) is 20.2 Å². The number of nitrogens with zero attached hydrogens (tertiary/aromatic N) is 5. The summed E-state index contributed by atoms with van der Waals surface area (Å²) in [4.78, 5) is 1.39. The van der Waals surface area contributed by atoms with Gasteiger partial charge in [0.2, 0.25) is 0 Å². The zero-order chi connectivity index (χ0) is 12.3. The third kappa shape index (κ3) is 2.79. The Morgan fingerprint density at radius 1 is 1.53 bits per heavy atom. The summed E-state index contributed by atoms with van der Waals surface area (Å²) >= 11 is 3.32. The second kappa shape index (κ2) is 4.93. The summed E-state index contributed by atoms with van der Waals surface area (Å²) in [6.07, 6.45) is 0. The molecule has 0 aliphatic heterocycles. The number of benzene rings is 1. The normalized spacial score (nSPS) is 9.94. The van der Waals surface area contributed by atoms with Crippen molar-refractivity contribution in [3.63, 3.8) is 0 Å². The van der Waals surface area contributed by atoms with Crippen LogP contribution < -0.4 is 5.32 Å². The van der Waals surface area contributed by atoms with Crippen molar-refractivity contribution < 1.29 is 0 Å². The summed E-state index contributed by atoms with van der Waals surface area (Å²) in [5.74, 6) is 0.583. The molecule has 0 fully saturated rings. The molecule has 1 N–H and O–H groups in total. The fraction of sp³-hybridized carbons (Fsp3) is 0.200. The molecule has 1 heterocycles. The second-order valence-electron chi connectivity index (χ2n) is 3.35. The van der Waals surface area contributed by atoms with Gasteiger partial charge in [-0.25, -0.2) is 0 Å². The molecule has 86 valence electrons. The van der Waals surface area contributed by atoms with E-state index in [1.165, 1.54) is 4.80 Å². The Kier molecular flexibility index (Phi) is 3.35. The topological polar surface area (TPSA) is 79.4 Å². The maximum Gasteiger partial charge on any atom is 0.193 e. The number of hydrogen-bond donors (Lipinski definition) is 1. The highest BCUT2D eigenvalue weighted by Gasteiger charge is 2.04. The number of halogens is 1. The highest BCUT2D eigenvalue weighted by Crippen LogP contribution is 2.20. The van der Waals surface area contributed by atoms with Gasteiger partial charge in [0.25, 0.3) is 0 Å². The van der Waals surface area contributed by atoms with Crippen LogP contribution in [0, 0.1) is 11.3 Å². The van der Waals surface area contributed by atoms with Gasteiger partial charge in [-0.2, -0.15) is 10.1 Å². The first-order valence-electron chi connectivity index (χ1n) is 4.85. The summed E-state index contributed by atoms with van der Waals surface area (Å²) in [6.45, 7) is 0.435. The van der Waals surface area contributed by atoms with Crippen molar-refractivity contribution >= 4 is 21.6 Å². The number of nitriles is 1. The number of anilines is 1. The van der Waals surface area contributed by atoms with E-state index >= 15 is 0 Å². The number of rotatable bonds is 3. The van der Waals surface area contributed by atoms with Gasteiger partial charge in [-0.1, -0.05) is 15.9 Å². The molecule has 0 unspecified atom stereocenters. The van der Waals surface area contributed by atoms with Crippen molar-refractivity contribution in [3.8, 4) is 6.07 Å². The Morgan fingerprint density at radius 2 is 2.35 bits per heavy atom. The molecular formula is C10H9BrN6. The van der Waals surface area contributed by atoms with Crippen molar-refractivity contribution in [2.75, 3.05) is 5.32 Å². The van der Waals surface area contributed by atoms with Crippen molar-refractivity contribution in [2.45, 2.75) is 6.54 Å². The van der Waals surface area contributed by atoms with E-state index in [0.717, 1.165) is 10.2 Å². The highest BCUT2D eigenvalue weighted by atomic mass is 79.9. The van der Waals surface area contributed by atoms with Gasteiger partial charge in [0.05, 0.1) is 24.8 Å². The fourth-order valence-corrected chi connectivity index (χ4v) is 1.69. The van der Waals surface area contributed by atoms with Gasteiger partial charge in [0.15, 0.2) is 5.82 Å². The van der Waals surface area contributed by atoms with Crippen LogP contribution in [0.2, 0.25) is 0 Å². The van der Waals surface area contributed by atoms with Crippen LogP contribution in [-0.2, 0) is 13.6 Å². The molecule has 7 heteroatoms. The molecule has 17 heavy (non-hydrogen) atoms. The van der Waals surface area contributed by atoms with Gasteiger partial charge in [0.1, 0.15) is 6.07 Å². The van der Waals surface area contributed by atoms with E-state index in [1.54, 1.807) is 13.1 Å². The quantitative estimate of drug-likeness (QED) is 0.926. The third-order valence-corrected chi connectivity index (χ3v) is 2.58. The maximum atomic E-state index is 8.99. The molecule has 0 radical (unpaired) electrons. The standard InChI is InChI=1S/C10H9BrN6/c1-17-15-10(14-16-17)6-13-9-3-2-8(11)4-7(9)5-12/h2-4,13H,6H2,1H3. The van der Waals surface area contributed by atoms with E-state index in [1.807, 2.05) is 12.1 Å². The molecule has 2 rings (SSSR count). The van der Waals surface area contributed by atoms with E-state index in [2.05, 4.69) is 42.7 Å². The zero-order valence-electron chi connectivity index (χ0n) is 9.05. The summed E-state index contributed by atoms with van der Waals surface area (Å²) in [5.41, 5.74) is 1.33. The molecule has 6 nitrogen and oxygen atoms in total. The largest absolute Gasteiger partial charge is 0.377 e. The van der Waals surface area contributed by atoms with Gasteiger partial charge in [-0.05, 0) is 23.4 Å². The minimum absolute atomic E-state index is 0.435. The first kappa shape index (κ1) is 11.5. The molecule has 0 aliphatic rings. The SMILES string of the molecule is Cn1nnc(CNc2ccc(Br)cc2C#N)n1. The smallest absolute Gasteiger partial charge is 0.193 e. The summed E-state index contributed by atoms with van der Waals surface area (Å²) in [6, 6.07) is 7.58. The van der Waals surface area contributed by atoms with Crippen LogP contribution in [0.4, 0.5) is 5.69 Å². The summed E-state index contributed by atoms with van der Waals surface area (Å²) < 4.78 is 0.872. The Labute approximate surface area is 106 Å². The Balaban J connectivity index is 2.12. The molecule has 2 aromatic rings. The predicted octanol–water partition coefficient (Wildman–Crippen LogP) is 1.46. The summed E-state index contributed by atoms with van der Waals surface area (Å²) in [7, 11) is 1.71. The number of aryl methyl sites for hydroxylation is 1. The van der Waals surface area contributed by atoms with E-state index in [4.69, 9.17) is 5.26 Å². The minimum Gasteiger partial charge on any atom is -0.377 e. The molecular weight excluding hydrogens is 284 g/mol. The van der Waals surface area contributed by atoms with Crippen LogP contribution in [0.1, 0.15) is 11.4 Å². The lowest BCUT2D eigenvalue weighted by atomic mass is 10.2. The van der Waals surface area contributed by atoms with Gasteiger partial charge < -0.3 is 5.32 Å². The zero-order valence-corrected chi connectivity index (χ0v) is 10.6. The van der Waals surface area contributed by atoms with E-state index < -0.39 is 0 Å². The van der Waals surface area contributed by atoms with Crippen LogP contribution in [0.3, 0.4) is 0 Å². The van der Waals surface area contributed by atoms with Gasteiger partial charge in [-0.3, -0.25) is 0 Å². The molecule has 0 saturated heterocycles. The molecule has 0 amide bonds. The number of tetrazole rings is 1. The Morgan fingerprint density at radius 3 is 3.00 bits per heavy atom. The first-order chi connectivity index (χ1) is 8.19. The molecule has 0 saturated carbocycles. The highest BCUT2D eigenvalue weighted by molar-refractivity contribution is 9.10. The third-order valence-electron chi connectivity index (χ3n) is 2.09.